The smallest absolute Gasteiger partial charge is 0.132 e. The van der Waals surface area contributed by atoms with Gasteiger partial charge in [-0.15, -0.1) is 0 Å². The molecule has 0 saturated carbocycles. The first-order valence-electron chi connectivity index (χ1n) is 7.49. The van der Waals surface area contributed by atoms with Crippen molar-refractivity contribution in [3.8, 4) is 5.75 Å². The van der Waals surface area contributed by atoms with Gasteiger partial charge < -0.3 is 10.0 Å². The summed E-state index contributed by atoms with van der Waals surface area (Å²) >= 11 is 0. The van der Waals surface area contributed by atoms with Crippen LogP contribution in [0.2, 0.25) is 0 Å². The lowest BCUT2D eigenvalue weighted by molar-refractivity contribution is 0.338. The summed E-state index contributed by atoms with van der Waals surface area (Å²) in [5.41, 5.74) is 3.60. The van der Waals surface area contributed by atoms with Crippen LogP contribution in [-0.2, 0) is 17.2 Å². The predicted molar refractivity (Wildman–Crippen MR) is 89.9 cm³/mol. The molecular weight excluding hydrogens is 294 g/mol. The highest BCUT2D eigenvalue weighted by Crippen LogP contribution is 2.35. The number of hydrogen-bond acceptors (Lipinski definition) is 3. The van der Waals surface area contributed by atoms with Gasteiger partial charge in [-0.25, -0.2) is 0 Å². The van der Waals surface area contributed by atoms with Crippen molar-refractivity contribution in [3.05, 3.63) is 59.2 Å². The fourth-order valence-corrected chi connectivity index (χ4v) is 3.84. The fraction of sp³-hybridized carbons (Fsp3) is 0.333. The Morgan fingerprint density at radius 2 is 1.95 bits per heavy atom. The van der Waals surface area contributed by atoms with Crippen molar-refractivity contribution < 1.29 is 9.32 Å². The first kappa shape index (κ1) is 15.3. The molecule has 0 spiro atoms. The van der Waals surface area contributed by atoms with Crippen LogP contribution in [0.4, 0.5) is 0 Å². The van der Waals surface area contributed by atoms with E-state index < -0.39 is 10.8 Å². The molecule has 0 bridgehead atoms. The third-order valence-electron chi connectivity index (χ3n) is 4.36. The molecule has 1 aliphatic rings. The second-order valence-electron chi connectivity index (χ2n) is 5.95. The van der Waals surface area contributed by atoms with Gasteiger partial charge in [-0.3, -0.25) is 4.21 Å². The second-order valence-corrected chi connectivity index (χ2v) is 7.30. The Labute approximate surface area is 134 Å². The monoisotopic (exact) mass is 315 g/mol. The van der Waals surface area contributed by atoms with E-state index in [-0.39, 0.29) is 11.7 Å². The molecule has 22 heavy (non-hydrogen) atoms. The predicted octanol–water partition coefficient (Wildman–Crippen LogP) is 2.75. The number of phenolic OH excluding ortho intramolecular Hbond substituents is 1. The Balaban J connectivity index is 2.14. The van der Waals surface area contributed by atoms with Crippen molar-refractivity contribution in [3.63, 3.8) is 0 Å². The molecule has 2 aromatic rings. The molecule has 0 aliphatic carbocycles. The maximum absolute atomic E-state index is 11.8. The highest BCUT2D eigenvalue weighted by Gasteiger charge is 2.24. The van der Waals surface area contributed by atoms with Gasteiger partial charge in [0.25, 0.3) is 0 Å². The lowest BCUT2D eigenvalue weighted by Gasteiger charge is -2.22. The molecule has 116 valence electrons. The lowest BCUT2D eigenvalue weighted by Crippen LogP contribution is -2.24. The van der Waals surface area contributed by atoms with E-state index in [0.29, 0.717) is 4.90 Å². The average molecular weight is 315 g/mol. The highest BCUT2D eigenvalue weighted by atomic mass is 32.2. The van der Waals surface area contributed by atoms with E-state index in [4.69, 9.17) is 0 Å². The van der Waals surface area contributed by atoms with Crippen LogP contribution >= 0.6 is 0 Å². The Bertz CT molecular complexity index is 700. The van der Waals surface area contributed by atoms with Crippen LogP contribution in [0.25, 0.3) is 0 Å². The minimum atomic E-state index is -1.17. The molecule has 1 aliphatic heterocycles. The Morgan fingerprint density at radius 1 is 1.23 bits per heavy atom. The van der Waals surface area contributed by atoms with E-state index in [9.17, 15) is 9.32 Å². The van der Waals surface area contributed by atoms with Crippen molar-refractivity contribution in [2.45, 2.75) is 17.2 Å². The summed E-state index contributed by atoms with van der Waals surface area (Å²) in [6.45, 7) is 1.89. The van der Waals surface area contributed by atoms with Gasteiger partial charge in [0.2, 0.25) is 0 Å². The summed E-state index contributed by atoms with van der Waals surface area (Å²) in [5.74, 6) is 0.374. The Morgan fingerprint density at radius 3 is 2.64 bits per heavy atom. The van der Waals surface area contributed by atoms with E-state index in [1.807, 2.05) is 18.2 Å². The number of phenols is 1. The van der Waals surface area contributed by atoms with Crippen molar-refractivity contribution in [1.29, 1.82) is 0 Å². The zero-order valence-electron chi connectivity index (χ0n) is 13.0. The van der Waals surface area contributed by atoms with E-state index in [0.717, 1.165) is 25.1 Å². The zero-order valence-corrected chi connectivity index (χ0v) is 13.8. The SMILES string of the molecule is CN1CCc2cc(S(C)=O)c(O)cc2C(c2ccccc2)C1. The number of nitrogens with zero attached hydrogens (tertiary/aromatic N) is 1. The highest BCUT2D eigenvalue weighted by molar-refractivity contribution is 7.84. The normalized spacial score (nSPS) is 20.2. The molecule has 3 nitrogen and oxygen atoms in total. The molecule has 1 heterocycles. The summed E-state index contributed by atoms with van der Waals surface area (Å²) in [6, 6.07) is 14.1. The Kier molecular flexibility index (Phi) is 4.32. The van der Waals surface area contributed by atoms with Crippen molar-refractivity contribution in [2.75, 3.05) is 26.4 Å². The molecule has 2 atom stereocenters. The molecule has 0 radical (unpaired) electrons. The molecule has 4 heteroatoms. The summed E-state index contributed by atoms with van der Waals surface area (Å²) in [7, 11) is 0.953. The lowest BCUT2D eigenvalue weighted by atomic mass is 9.88. The van der Waals surface area contributed by atoms with Crippen LogP contribution in [0.1, 0.15) is 22.6 Å². The van der Waals surface area contributed by atoms with Gasteiger partial charge in [-0.1, -0.05) is 30.3 Å². The molecule has 0 aromatic heterocycles. The quantitative estimate of drug-likeness (QED) is 0.926. The molecular formula is C18H21NO2S. The molecule has 0 amide bonds. The topological polar surface area (TPSA) is 40.5 Å². The van der Waals surface area contributed by atoms with E-state index >= 15 is 0 Å². The minimum Gasteiger partial charge on any atom is -0.507 e. The summed E-state index contributed by atoms with van der Waals surface area (Å²) in [6.07, 6.45) is 2.53. The third kappa shape index (κ3) is 2.94. The van der Waals surface area contributed by atoms with Crippen molar-refractivity contribution >= 4 is 10.8 Å². The maximum Gasteiger partial charge on any atom is 0.132 e. The number of benzene rings is 2. The van der Waals surface area contributed by atoms with E-state index in [2.05, 4.69) is 36.2 Å². The molecule has 2 aromatic carbocycles. The minimum absolute atomic E-state index is 0.144. The fourth-order valence-electron chi connectivity index (χ4n) is 3.18. The average Bonchev–Trinajstić information content (AvgIpc) is 2.66. The molecule has 3 rings (SSSR count). The van der Waals surface area contributed by atoms with Crippen LogP contribution in [-0.4, -0.2) is 40.6 Å². The largest absolute Gasteiger partial charge is 0.507 e. The summed E-state index contributed by atoms with van der Waals surface area (Å²) < 4.78 is 11.8. The van der Waals surface area contributed by atoms with Gasteiger partial charge in [0, 0.05) is 25.3 Å². The van der Waals surface area contributed by atoms with Crippen molar-refractivity contribution in [2.24, 2.45) is 0 Å². The molecule has 1 N–H and O–H groups in total. The molecule has 2 unspecified atom stereocenters. The molecule has 0 saturated heterocycles. The van der Waals surface area contributed by atoms with Crippen LogP contribution in [0, 0.1) is 0 Å². The zero-order chi connectivity index (χ0) is 15.7. The Hall–Kier alpha value is -1.65. The van der Waals surface area contributed by atoms with Crippen LogP contribution < -0.4 is 0 Å². The van der Waals surface area contributed by atoms with Gasteiger partial charge in [0.1, 0.15) is 5.75 Å². The van der Waals surface area contributed by atoms with Gasteiger partial charge >= 0.3 is 0 Å². The van der Waals surface area contributed by atoms with Crippen LogP contribution in [0.15, 0.2) is 47.4 Å². The van der Waals surface area contributed by atoms with Gasteiger partial charge in [-0.05, 0) is 42.3 Å². The number of likely N-dealkylation sites (N-methyl/N-ethyl adjacent to an activating group) is 1. The summed E-state index contributed by atoms with van der Waals surface area (Å²) in [4.78, 5) is 2.85. The molecule has 0 fully saturated rings. The first-order valence-corrected chi connectivity index (χ1v) is 9.04. The second kappa shape index (κ2) is 6.23. The van der Waals surface area contributed by atoms with Gasteiger partial charge in [0.05, 0.1) is 15.7 Å². The maximum atomic E-state index is 11.8. The van der Waals surface area contributed by atoms with Crippen molar-refractivity contribution in [1.82, 2.24) is 4.90 Å². The first-order chi connectivity index (χ1) is 10.6. The number of rotatable bonds is 2. The number of fused-ring (bicyclic) bond motifs is 1. The van der Waals surface area contributed by atoms with E-state index in [1.54, 1.807) is 6.26 Å². The standard InChI is InChI=1S/C18H21NO2S/c1-19-9-8-14-10-18(22(2)21)17(20)11-15(14)16(12-19)13-6-4-3-5-7-13/h3-7,10-11,16,20H,8-9,12H2,1-2H3. The number of hydrogen-bond donors (Lipinski definition) is 1. The summed E-state index contributed by atoms with van der Waals surface area (Å²) in [5, 5.41) is 10.3. The van der Waals surface area contributed by atoms with Gasteiger partial charge in [0.15, 0.2) is 0 Å². The van der Waals surface area contributed by atoms with Crippen LogP contribution in [0.5, 0.6) is 5.75 Å². The third-order valence-corrected chi connectivity index (χ3v) is 5.31. The number of aromatic hydroxyl groups is 1. The van der Waals surface area contributed by atoms with Crippen LogP contribution in [0.3, 0.4) is 0 Å². The van der Waals surface area contributed by atoms with E-state index in [1.165, 1.54) is 11.1 Å². The van der Waals surface area contributed by atoms with Gasteiger partial charge in [-0.2, -0.15) is 0 Å².